The van der Waals surface area contributed by atoms with Crippen LogP contribution in [-0.4, -0.2) is 21.3 Å². The molecule has 0 aliphatic heterocycles. The van der Waals surface area contributed by atoms with Gasteiger partial charge in [-0.3, -0.25) is 0 Å². The largest absolute Gasteiger partial charge is 0.395 e. The van der Waals surface area contributed by atoms with E-state index in [4.69, 9.17) is 16.7 Å². The Kier molecular flexibility index (Phi) is 3.59. The van der Waals surface area contributed by atoms with Crippen molar-refractivity contribution in [3.05, 3.63) is 53.1 Å². The summed E-state index contributed by atoms with van der Waals surface area (Å²) in [7, 11) is 0. The topological polar surface area (TPSA) is 38.0 Å². The van der Waals surface area contributed by atoms with Crippen molar-refractivity contribution < 1.29 is 5.11 Å². The van der Waals surface area contributed by atoms with Gasteiger partial charge in [-0.25, -0.2) is 4.98 Å². The average Bonchev–Trinajstić information content (AvgIpc) is 2.70. The van der Waals surface area contributed by atoms with E-state index < -0.39 is 0 Å². The number of benzene rings is 1. The number of hydrogen-bond acceptors (Lipinski definition) is 2. The van der Waals surface area contributed by atoms with Crippen LogP contribution in [0.15, 0.2) is 36.7 Å². The van der Waals surface area contributed by atoms with Gasteiger partial charge in [0.15, 0.2) is 0 Å². The number of rotatable bonds is 4. The van der Waals surface area contributed by atoms with Gasteiger partial charge in [-0.2, -0.15) is 0 Å². The molecule has 0 unspecified atom stereocenters. The molecule has 0 atom stereocenters. The van der Waals surface area contributed by atoms with Gasteiger partial charge in [-0.1, -0.05) is 29.8 Å². The number of aliphatic hydroxyl groups excluding tert-OH is 1. The first-order valence-electron chi connectivity index (χ1n) is 5.15. The summed E-state index contributed by atoms with van der Waals surface area (Å²) in [5.41, 5.74) is 1.05. The third-order valence-electron chi connectivity index (χ3n) is 2.45. The molecule has 16 heavy (non-hydrogen) atoms. The summed E-state index contributed by atoms with van der Waals surface area (Å²) < 4.78 is 1.93. The molecule has 3 nitrogen and oxygen atoms in total. The molecule has 4 heteroatoms. The van der Waals surface area contributed by atoms with Crippen molar-refractivity contribution in [3.63, 3.8) is 0 Å². The monoisotopic (exact) mass is 236 g/mol. The Morgan fingerprint density at radius 2 is 2.12 bits per heavy atom. The van der Waals surface area contributed by atoms with Gasteiger partial charge in [-0.05, 0) is 11.6 Å². The van der Waals surface area contributed by atoms with Crippen LogP contribution >= 0.6 is 11.6 Å². The molecule has 0 amide bonds. The SMILES string of the molecule is OCCn1ccnc1Cc1ccccc1Cl. The highest BCUT2D eigenvalue weighted by Crippen LogP contribution is 2.18. The van der Waals surface area contributed by atoms with Gasteiger partial charge >= 0.3 is 0 Å². The van der Waals surface area contributed by atoms with E-state index in [2.05, 4.69) is 4.98 Å². The minimum atomic E-state index is 0.117. The second-order valence-corrected chi connectivity index (χ2v) is 3.94. The van der Waals surface area contributed by atoms with Crippen molar-refractivity contribution in [3.8, 4) is 0 Å². The van der Waals surface area contributed by atoms with E-state index in [1.165, 1.54) is 0 Å². The van der Waals surface area contributed by atoms with Crippen LogP contribution in [0.1, 0.15) is 11.4 Å². The second kappa shape index (κ2) is 5.14. The van der Waals surface area contributed by atoms with Crippen LogP contribution in [0.4, 0.5) is 0 Å². The molecule has 0 saturated heterocycles. The average molecular weight is 237 g/mol. The van der Waals surface area contributed by atoms with Gasteiger partial charge < -0.3 is 9.67 Å². The smallest absolute Gasteiger partial charge is 0.113 e. The quantitative estimate of drug-likeness (QED) is 0.883. The van der Waals surface area contributed by atoms with Gasteiger partial charge in [-0.15, -0.1) is 0 Å². The summed E-state index contributed by atoms with van der Waals surface area (Å²) >= 11 is 6.08. The number of hydrogen-bond donors (Lipinski definition) is 1. The summed E-state index contributed by atoms with van der Waals surface area (Å²) in [5.74, 6) is 0.919. The molecule has 2 rings (SSSR count). The zero-order valence-corrected chi connectivity index (χ0v) is 9.56. The summed E-state index contributed by atoms with van der Waals surface area (Å²) in [6, 6.07) is 7.73. The fourth-order valence-corrected chi connectivity index (χ4v) is 1.83. The molecule has 0 aliphatic rings. The van der Waals surface area contributed by atoms with E-state index in [0.29, 0.717) is 13.0 Å². The van der Waals surface area contributed by atoms with Crippen LogP contribution in [0.5, 0.6) is 0 Å². The highest BCUT2D eigenvalue weighted by molar-refractivity contribution is 6.31. The van der Waals surface area contributed by atoms with Crippen LogP contribution in [0.25, 0.3) is 0 Å². The minimum absolute atomic E-state index is 0.117. The maximum absolute atomic E-state index is 8.91. The Morgan fingerprint density at radius 3 is 2.88 bits per heavy atom. The van der Waals surface area contributed by atoms with Gasteiger partial charge in [0.25, 0.3) is 0 Å². The van der Waals surface area contributed by atoms with E-state index in [9.17, 15) is 0 Å². The molecule has 0 saturated carbocycles. The van der Waals surface area contributed by atoms with Crippen LogP contribution in [0, 0.1) is 0 Å². The first-order chi connectivity index (χ1) is 7.81. The van der Waals surface area contributed by atoms with E-state index in [1.54, 1.807) is 6.20 Å². The van der Waals surface area contributed by atoms with Crippen molar-refractivity contribution >= 4 is 11.6 Å². The first-order valence-corrected chi connectivity index (χ1v) is 5.53. The predicted molar refractivity (Wildman–Crippen MR) is 63.6 cm³/mol. The number of nitrogens with zero attached hydrogens (tertiary/aromatic N) is 2. The van der Waals surface area contributed by atoms with Gasteiger partial charge in [0, 0.05) is 30.4 Å². The molecule has 0 radical (unpaired) electrons. The van der Waals surface area contributed by atoms with Crippen LogP contribution in [-0.2, 0) is 13.0 Å². The van der Waals surface area contributed by atoms with E-state index in [1.807, 2.05) is 35.0 Å². The number of imidazole rings is 1. The lowest BCUT2D eigenvalue weighted by molar-refractivity contribution is 0.274. The van der Waals surface area contributed by atoms with E-state index >= 15 is 0 Å². The number of aliphatic hydroxyl groups is 1. The van der Waals surface area contributed by atoms with E-state index in [0.717, 1.165) is 16.4 Å². The summed E-state index contributed by atoms with van der Waals surface area (Å²) in [6.45, 7) is 0.686. The maximum atomic E-state index is 8.91. The highest BCUT2D eigenvalue weighted by atomic mass is 35.5. The molecule has 1 aromatic heterocycles. The summed E-state index contributed by atoms with van der Waals surface area (Å²) in [4.78, 5) is 4.26. The molecule has 0 bridgehead atoms. The van der Waals surface area contributed by atoms with Crippen molar-refractivity contribution in [2.45, 2.75) is 13.0 Å². The molecule has 1 aromatic carbocycles. The lowest BCUT2D eigenvalue weighted by atomic mass is 10.1. The van der Waals surface area contributed by atoms with E-state index in [-0.39, 0.29) is 6.61 Å². The molecule has 0 spiro atoms. The highest BCUT2D eigenvalue weighted by Gasteiger charge is 2.06. The Bertz CT molecular complexity index is 468. The second-order valence-electron chi connectivity index (χ2n) is 3.53. The van der Waals surface area contributed by atoms with Crippen LogP contribution < -0.4 is 0 Å². The zero-order chi connectivity index (χ0) is 11.4. The predicted octanol–water partition coefficient (Wildman–Crippen LogP) is 2.12. The Hall–Kier alpha value is -1.32. The Balaban J connectivity index is 2.20. The van der Waals surface area contributed by atoms with Crippen LogP contribution in [0.2, 0.25) is 5.02 Å². The molecule has 84 valence electrons. The molecule has 0 fully saturated rings. The molecular weight excluding hydrogens is 224 g/mol. The lowest BCUT2D eigenvalue weighted by Crippen LogP contribution is -2.06. The molecular formula is C12H13ClN2O. The minimum Gasteiger partial charge on any atom is -0.395 e. The fraction of sp³-hybridized carbons (Fsp3) is 0.250. The van der Waals surface area contributed by atoms with Crippen molar-refractivity contribution in [1.82, 2.24) is 9.55 Å². The van der Waals surface area contributed by atoms with Gasteiger partial charge in [0.2, 0.25) is 0 Å². The maximum Gasteiger partial charge on any atom is 0.113 e. The first kappa shape index (κ1) is 11.2. The normalized spacial score (nSPS) is 10.6. The van der Waals surface area contributed by atoms with Crippen molar-refractivity contribution in [1.29, 1.82) is 0 Å². The number of aromatic nitrogens is 2. The fourth-order valence-electron chi connectivity index (χ4n) is 1.63. The molecule has 2 aromatic rings. The third-order valence-corrected chi connectivity index (χ3v) is 2.82. The van der Waals surface area contributed by atoms with Gasteiger partial charge in [0.05, 0.1) is 6.61 Å². The molecule has 0 aliphatic carbocycles. The Labute approximate surface area is 99.3 Å². The molecule has 1 heterocycles. The summed E-state index contributed by atoms with van der Waals surface area (Å²) in [6.07, 6.45) is 4.29. The lowest BCUT2D eigenvalue weighted by Gasteiger charge is -2.07. The standard InChI is InChI=1S/C12H13ClN2O/c13-11-4-2-1-3-10(11)9-12-14-5-6-15(12)7-8-16/h1-6,16H,7-9H2. The number of halogens is 1. The van der Waals surface area contributed by atoms with Crippen molar-refractivity contribution in [2.24, 2.45) is 0 Å². The zero-order valence-electron chi connectivity index (χ0n) is 8.81. The van der Waals surface area contributed by atoms with Gasteiger partial charge in [0.1, 0.15) is 5.82 Å². The third kappa shape index (κ3) is 2.43. The summed E-state index contributed by atoms with van der Waals surface area (Å²) in [5, 5.41) is 9.66. The Morgan fingerprint density at radius 1 is 1.31 bits per heavy atom. The van der Waals surface area contributed by atoms with Crippen molar-refractivity contribution in [2.75, 3.05) is 6.61 Å². The molecule has 1 N–H and O–H groups in total. The van der Waals surface area contributed by atoms with Crippen LogP contribution in [0.3, 0.4) is 0 Å².